The maximum Gasteiger partial charge on any atom is 0.426 e. The minimum absolute atomic E-state index is 0.224. The highest BCUT2D eigenvalue weighted by Gasteiger charge is 2.17. The number of fused-ring (bicyclic) bond motifs is 1. The zero-order valence-corrected chi connectivity index (χ0v) is 16.5. The predicted molar refractivity (Wildman–Crippen MR) is 107 cm³/mol. The van der Waals surface area contributed by atoms with Crippen molar-refractivity contribution in [3.8, 4) is 17.5 Å². The standard InChI is InChI=1S/C20H18N6O4/c1-12-7-8-13(17-23-19(30-24-17)29-20(28)25(2)3)10-14(12)22-18(27)15-11-21-16-6-4-5-9-26(15)16/h4-11H,1-3H3,(H,22,27). The molecule has 0 radical (unpaired) electrons. The number of carbonyl (C=O) groups is 2. The lowest BCUT2D eigenvalue weighted by Gasteiger charge is -2.09. The molecule has 0 aliphatic carbocycles. The van der Waals surface area contributed by atoms with Crippen molar-refractivity contribution >= 4 is 23.3 Å². The first-order chi connectivity index (χ1) is 14.4. The molecule has 3 aromatic heterocycles. The largest absolute Gasteiger partial charge is 0.426 e. The van der Waals surface area contributed by atoms with Crippen LogP contribution in [0.2, 0.25) is 0 Å². The van der Waals surface area contributed by atoms with Crippen molar-refractivity contribution < 1.29 is 18.8 Å². The maximum atomic E-state index is 12.8. The van der Waals surface area contributed by atoms with Crippen LogP contribution in [0.1, 0.15) is 16.1 Å². The number of nitrogens with one attached hydrogen (secondary N) is 1. The van der Waals surface area contributed by atoms with Gasteiger partial charge in [0.25, 0.3) is 5.91 Å². The Kier molecular flexibility index (Phi) is 4.88. The van der Waals surface area contributed by atoms with E-state index >= 15 is 0 Å². The number of ether oxygens (including phenoxy) is 1. The molecule has 0 saturated carbocycles. The van der Waals surface area contributed by atoms with Crippen LogP contribution in [0.5, 0.6) is 6.08 Å². The van der Waals surface area contributed by atoms with Gasteiger partial charge in [-0.25, -0.2) is 9.78 Å². The van der Waals surface area contributed by atoms with Crippen molar-refractivity contribution in [2.75, 3.05) is 19.4 Å². The second-order valence-electron chi connectivity index (χ2n) is 6.70. The van der Waals surface area contributed by atoms with E-state index in [1.54, 1.807) is 22.7 Å². The lowest BCUT2D eigenvalue weighted by molar-refractivity contribution is 0.102. The van der Waals surface area contributed by atoms with Crippen molar-refractivity contribution in [1.29, 1.82) is 0 Å². The summed E-state index contributed by atoms with van der Waals surface area (Å²) in [6, 6.07) is 10.8. The third-order valence-electron chi connectivity index (χ3n) is 4.34. The Balaban J connectivity index is 1.57. The van der Waals surface area contributed by atoms with E-state index in [0.29, 0.717) is 22.6 Å². The smallest absolute Gasteiger partial charge is 0.359 e. The van der Waals surface area contributed by atoms with E-state index in [9.17, 15) is 9.59 Å². The van der Waals surface area contributed by atoms with Crippen molar-refractivity contribution in [1.82, 2.24) is 24.4 Å². The molecule has 2 amide bonds. The zero-order chi connectivity index (χ0) is 21.3. The van der Waals surface area contributed by atoms with Crippen molar-refractivity contribution in [3.05, 3.63) is 60.0 Å². The summed E-state index contributed by atoms with van der Waals surface area (Å²) < 4.78 is 11.6. The highest BCUT2D eigenvalue weighted by Crippen LogP contribution is 2.25. The number of rotatable bonds is 4. The molecule has 0 spiro atoms. The van der Waals surface area contributed by atoms with Gasteiger partial charge < -0.3 is 15.0 Å². The molecule has 10 heteroatoms. The summed E-state index contributed by atoms with van der Waals surface area (Å²) in [5.41, 5.74) is 3.11. The van der Waals surface area contributed by atoms with Crippen LogP contribution < -0.4 is 10.1 Å². The second kappa shape index (κ2) is 7.66. The molecule has 4 rings (SSSR count). The van der Waals surface area contributed by atoms with Crippen LogP contribution in [0.4, 0.5) is 10.5 Å². The normalized spacial score (nSPS) is 10.8. The molecule has 0 atom stereocenters. The number of aryl methyl sites for hydroxylation is 1. The molecule has 1 N–H and O–H groups in total. The van der Waals surface area contributed by atoms with Crippen LogP contribution in [-0.4, -0.2) is 50.5 Å². The molecule has 0 aliphatic heterocycles. The minimum atomic E-state index is -0.630. The fraction of sp³-hybridized carbons (Fsp3) is 0.150. The van der Waals surface area contributed by atoms with E-state index in [1.807, 2.05) is 31.2 Å². The van der Waals surface area contributed by atoms with Gasteiger partial charge in [-0.3, -0.25) is 13.7 Å². The van der Waals surface area contributed by atoms with E-state index in [-0.39, 0.29) is 17.8 Å². The first-order valence-electron chi connectivity index (χ1n) is 8.99. The predicted octanol–water partition coefficient (Wildman–Crippen LogP) is 3.01. The van der Waals surface area contributed by atoms with Gasteiger partial charge in [0.1, 0.15) is 11.3 Å². The van der Waals surface area contributed by atoms with Gasteiger partial charge in [-0.05, 0) is 30.7 Å². The summed E-state index contributed by atoms with van der Waals surface area (Å²) in [5, 5.41) is 6.72. The molecule has 4 aromatic rings. The number of nitrogens with zero attached hydrogens (tertiary/aromatic N) is 5. The fourth-order valence-electron chi connectivity index (χ4n) is 2.72. The van der Waals surface area contributed by atoms with Gasteiger partial charge in [0.2, 0.25) is 5.82 Å². The second-order valence-corrected chi connectivity index (χ2v) is 6.70. The lowest BCUT2D eigenvalue weighted by Crippen LogP contribution is -2.25. The molecular weight excluding hydrogens is 388 g/mol. The van der Waals surface area contributed by atoms with Gasteiger partial charge in [0.15, 0.2) is 0 Å². The van der Waals surface area contributed by atoms with E-state index in [4.69, 9.17) is 9.26 Å². The average Bonchev–Trinajstić information content (AvgIpc) is 3.36. The lowest BCUT2D eigenvalue weighted by atomic mass is 10.1. The number of hydrogen-bond acceptors (Lipinski definition) is 7. The maximum absolute atomic E-state index is 12.8. The Bertz CT molecular complexity index is 1240. The van der Waals surface area contributed by atoms with Gasteiger partial charge in [-0.15, -0.1) is 0 Å². The van der Waals surface area contributed by atoms with Crippen LogP contribution >= 0.6 is 0 Å². The van der Waals surface area contributed by atoms with Crippen LogP contribution in [0.3, 0.4) is 0 Å². The van der Waals surface area contributed by atoms with Crippen LogP contribution in [0.25, 0.3) is 17.0 Å². The van der Waals surface area contributed by atoms with Gasteiger partial charge in [-0.2, -0.15) is 4.98 Å². The summed E-state index contributed by atoms with van der Waals surface area (Å²) in [5.74, 6) is -0.0791. The molecule has 30 heavy (non-hydrogen) atoms. The molecule has 0 fully saturated rings. The number of anilines is 1. The SMILES string of the molecule is Cc1ccc(-c2noc(OC(=O)N(C)C)n2)cc1NC(=O)c1cnc2ccccn12. The molecule has 1 aromatic carbocycles. The number of amides is 2. The summed E-state index contributed by atoms with van der Waals surface area (Å²) in [6.45, 7) is 1.87. The van der Waals surface area contributed by atoms with Gasteiger partial charge in [0.05, 0.1) is 6.20 Å². The summed E-state index contributed by atoms with van der Waals surface area (Å²) in [4.78, 5) is 33.9. The van der Waals surface area contributed by atoms with Gasteiger partial charge >= 0.3 is 12.2 Å². The fourth-order valence-corrected chi connectivity index (χ4v) is 2.72. The monoisotopic (exact) mass is 406 g/mol. The molecule has 0 aliphatic rings. The van der Waals surface area contributed by atoms with Crippen LogP contribution in [-0.2, 0) is 0 Å². The molecular formula is C20H18N6O4. The highest BCUT2D eigenvalue weighted by molar-refractivity contribution is 6.04. The molecule has 0 unspecified atom stereocenters. The number of aromatic nitrogens is 4. The number of carbonyl (C=O) groups excluding carboxylic acids is 2. The number of imidazole rings is 1. The quantitative estimate of drug-likeness (QED) is 0.554. The molecule has 0 saturated heterocycles. The first kappa shape index (κ1) is 19.1. The number of pyridine rings is 1. The third kappa shape index (κ3) is 3.70. The van der Waals surface area contributed by atoms with Crippen molar-refractivity contribution in [2.45, 2.75) is 6.92 Å². The van der Waals surface area contributed by atoms with E-state index in [0.717, 1.165) is 5.56 Å². The molecule has 152 valence electrons. The van der Waals surface area contributed by atoms with Gasteiger partial charge in [0, 0.05) is 31.5 Å². The van der Waals surface area contributed by atoms with Gasteiger partial charge in [-0.1, -0.05) is 23.4 Å². The Morgan fingerprint density at radius 3 is 2.83 bits per heavy atom. The highest BCUT2D eigenvalue weighted by atomic mass is 16.7. The number of hydrogen-bond donors (Lipinski definition) is 1. The summed E-state index contributed by atoms with van der Waals surface area (Å²) >= 11 is 0. The minimum Gasteiger partial charge on any atom is -0.359 e. The summed E-state index contributed by atoms with van der Waals surface area (Å²) in [6.07, 6.45) is 2.40. The Morgan fingerprint density at radius 2 is 2.03 bits per heavy atom. The third-order valence-corrected chi connectivity index (χ3v) is 4.34. The zero-order valence-electron chi connectivity index (χ0n) is 16.5. The van der Waals surface area contributed by atoms with E-state index in [2.05, 4.69) is 20.4 Å². The van der Waals surface area contributed by atoms with Crippen LogP contribution in [0, 0.1) is 6.92 Å². The van der Waals surface area contributed by atoms with Crippen molar-refractivity contribution in [2.24, 2.45) is 0 Å². The number of benzene rings is 1. The first-order valence-corrected chi connectivity index (χ1v) is 8.99. The summed E-state index contributed by atoms with van der Waals surface area (Å²) in [7, 11) is 3.08. The Labute approximate surface area is 171 Å². The van der Waals surface area contributed by atoms with Crippen molar-refractivity contribution in [3.63, 3.8) is 0 Å². The van der Waals surface area contributed by atoms with E-state index < -0.39 is 6.09 Å². The average molecular weight is 406 g/mol. The Hall–Kier alpha value is -4.21. The molecule has 10 nitrogen and oxygen atoms in total. The van der Waals surface area contributed by atoms with Crippen LogP contribution in [0.15, 0.2) is 53.3 Å². The topological polar surface area (TPSA) is 115 Å². The molecule has 0 bridgehead atoms. The van der Waals surface area contributed by atoms with E-state index in [1.165, 1.54) is 25.2 Å². The Morgan fingerprint density at radius 1 is 1.20 bits per heavy atom. The molecule has 3 heterocycles.